The van der Waals surface area contributed by atoms with Crippen LogP contribution >= 0.6 is 0 Å². The molecule has 0 bridgehead atoms. The van der Waals surface area contributed by atoms with Crippen molar-refractivity contribution >= 4 is 0 Å². The first-order valence-corrected chi connectivity index (χ1v) is 4.26. The maximum absolute atomic E-state index is 12.4. The van der Waals surface area contributed by atoms with Crippen molar-refractivity contribution in [3.05, 3.63) is 0 Å². The lowest BCUT2D eigenvalue weighted by atomic mass is 10.1. The number of rotatable bonds is 3. The van der Waals surface area contributed by atoms with Gasteiger partial charge in [-0.1, -0.05) is 12.8 Å². The van der Waals surface area contributed by atoms with Crippen LogP contribution in [0.2, 0.25) is 0 Å². The van der Waals surface area contributed by atoms with Gasteiger partial charge in [0.1, 0.15) is 5.54 Å². The van der Waals surface area contributed by atoms with Crippen LogP contribution in [0.5, 0.6) is 0 Å². The highest BCUT2D eigenvalue weighted by molar-refractivity contribution is 5.13. The lowest BCUT2D eigenvalue weighted by molar-refractivity contribution is -0.166. The summed E-state index contributed by atoms with van der Waals surface area (Å²) in [6, 6.07) is -0.468. The monoisotopic (exact) mass is 191 g/mol. The highest BCUT2D eigenvalue weighted by Gasteiger charge is 2.63. The van der Waals surface area contributed by atoms with Crippen molar-refractivity contribution in [2.24, 2.45) is 0 Å². The molecule has 0 aliphatic heterocycles. The Kier molecular flexibility index (Phi) is 2.58. The van der Waals surface area contributed by atoms with Gasteiger partial charge in [-0.2, -0.15) is 13.2 Å². The average molecular weight is 191 g/mol. The Bertz CT molecular complexity index is 222. The van der Waals surface area contributed by atoms with E-state index in [-0.39, 0.29) is 12.8 Å². The minimum atomic E-state index is -4.17. The third kappa shape index (κ3) is 1.97. The SMILES string of the molecule is C#CC(CC)NC1(C(F)(F)F)CC1. The molecule has 0 aromatic carbocycles. The van der Waals surface area contributed by atoms with E-state index in [1.54, 1.807) is 6.92 Å². The minimum Gasteiger partial charge on any atom is -0.290 e. The van der Waals surface area contributed by atoms with Crippen molar-refractivity contribution < 1.29 is 13.2 Å². The van der Waals surface area contributed by atoms with Crippen LogP contribution < -0.4 is 5.32 Å². The van der Waals surface area contributed by atoms with Gasteiger partial charge in [0.2, 0.25) is 0 Å². The molecule has 1 N–H and O–H groups in total. The molecule has 0 aromatic heterocycles. The Hall–Kier alpha value is -0.690. The fraction of sp³-hybridized carbons (Fsp3) is 0.778. The normalized spacial score (nSPS) is 22.1. The summed E-state index contributed by atoms with van der Waals surface area (Å²) >= 11 is 0. The van der Waals surface area contributed by atoms with Gasteiger partial charge in [0, 0.05) is 0 Å². The molecule has 1 aliphatic carbocycles. The Morgan fingerprint density at radius 2 is 2.08 bits per heavy atom. The van der Waals surface area contributed by atoms with E-state index in [1.807, 2.05) is 0 Å². The van der Waals surface area contributed by atoms with E-state index in [9.17, 15) is 13.2 Å². The molecule has 1 aliphatic rings. The first kappa shape index (κ1) is 10.4. The van der Waals surface area contributed by atoms with Gasteiger partial charge >= 0.3 is 6.18 Å². The topological polar surface area (TPSA) is 12.0 Å². The molecule has 0 saturated heterocycles. The maximum Gasteiger partial charge on any atom is 0.406 e. The second-order valence-corrected chi connectivity index (χ2v) is 3.35. The van der Waals surface area contributed by atoms with E-state index in [0.29, 0.717) is 6.42 Å². The summed E-state index contributed by atoms with van der Waals surface area (Å²) in [5.74, 6) is 2.31. The smallest absolute Gasteiger partial charge is 0.290 e. The summed E-state index contributed by atoms with van der Waals surface area (Å²) in [5.41, 5.74) is -1.68. The van der Waals surface area contributed by atoms with Crippen molar-refractivity contribution in [1.82, 2.24) is 5.32 Å². The molecule has 1 unspecified atom stereocenters. The zero-order chi connectivity index (χ0) is 10.1. The van der Waals surface area contributed by atoms with E-state index in [4.69, 9.17) is 6.42 Å². The van der Waals surface area contributed by atoms with Crippen LogP contribution in [-0.2, 0) is 0 Å². The van der Waals surface area contributed by atoms with Gasteiger partial charge in [-0.15, -0.1) is 6.42 Å². The summed E-state index contributed by atoms with van der Waals surface area (Å²) in [4.78, 5) is 0. The first-order chi connectivity index (χ1) is 5.95. The fourth-order valence-corrected chi connectivity index (χ4v) is 1.23. The van der Waals surface area contributed by atoms with E-state index < -0.39 is 17.8 Å². The molecule has 0 aromatic rings. The van der Waals surface area contributed by atoms with Crippen molar-refractivity contribution in [2.75, 3.05) is 0 Å². The molecule has 4 heteroatoms. The number of hydrogen-bond donors (Lipinski definition) is 1. The molecule has 0 spiro atoms. The average Bonchev–Trinajstić information content (AvgIpc) is 2.79. The van der Waals surface area contributed by atoms with Crippen LogP contribution in [0.3, 0.4) is 0 Å². The molecule has 1 rings (SSSR count). The van der Waals surface area contributed by atoms with Crippen LogP contribution in [0.4, 0.5) is 13.2 Å². The Morgan fingerprint density at radius 3 is 2.31 bits per heavy atom. The summed E-state index contributed by atoms with van der Waals surface area (Å²) < 4.78 is 37.2. The molecule has 13 heavy (non-hydrogen) atoms. The first-order valence-electron chi connectivity index (χ1n) is 4.26. The van der Waals surface area contributed by atoms with E-state index in [1.165, 1.54) is 0 Å². The van der Waals surface area contributed by atoms with Crippen molar-refractivity contribution in [1.29, 1.82) is 0 Å². The standard InChI is InChI=1S/C9H12F3N/c1-3-7(4-2)13-8(5-6-8)9(10,11)12/h1,7,13H,4-6H2,2H3. The van der Waals surface area contributed by atoms with Gasteiger partial charge < -0.3 is 0 Å². The van der Waals surface area contributed by atoms with Gasteiger partial charge in [0.15, 0.2) is 0 Å². The molecule has 1 atom stereocenters. The largest absolute Gasteiger partial charge is 0.406 e. The van der Waals surface area contributed by atoms with Crippen LogP contribution in [0.15, 0.2) is 0 Å². The summed E-state index contributed by atoms with van der Waals surface area (Å²) in [7, 11) is 0. The molecular weight excluding hydrogens is 179 g/mol. The molecule has 74 valence electrons. The third-order valence-corrected chi connectivity index (χ3v) is 2.35. The molecule has 1 nitrogen and oxygen atoms in total. The predicted octanol–water partition coefficient (Wildman–Crippen LogP) is 2.08. The van der Waals surface area contributed by atoms with Crippen LogP contribution in [0, 0.1) is 12.3 Å². The highest BCUT2D eigenvalue weighted by Crippen LogP contribution is 2.49. The summed E-state index contributed by atoms with van der Waals surface area (Å²) in [5, 5.41) is 2.48. The van der Waals surface area contributed by atoms with E-state index >= 15 is 0 Å². The van der Waals surface area contributed by atoms with Gasteiger partial charge in [0.05, 0.1) is 6.04 Å². The Balaban J connectivity index is 2.59. The van der Waals surface area contributed by atoms with Gasteiger partial charge in [-0.05, 0) is 19.3 Å². The zero-order valence-corrected chi connectivity index (χ0v) is 7.41. The third-order valence-electron chi connectivity index (χ3n) is 2.35. The number of alkyl halides is 3. The number of terminal acetylenes is 1. The zero-order valence-electron chi connectivity index (χ0n) is 7.41. The van der Waals surface area contributed by atoms with Crippen molar-refractivity contribution in [3.8, 4) is 12.3 Å². The van der Waals surface area contributed by atoms with Crippen LogP contribution in [0.1, 0.15) is 26.2 Å². The van der Waals surface area contributed by atoms with Gasteiger partial charge in [-0.3, -0.25) is 5.32 Å². The second-order valence-electron chi connectivity index (χ2n) is 3.35. The number of hydrogen-bond acceptors (Lipinski definition) is 1. The van der Waals surface area contributed by atoms with E-state index in [0.717, 1.165) is 0 Å². The number of nitrogens with one attached hydrogen (secondary N) is 1. The Morgan fingerprint density at radius 1 is 1.54 bits per heavy atom. The quantitative estimate of drug-likeness (QED) is 0.673. The second kappa shape index (κ2) is 3.22. The fourth-order valence-electron chi connectivity index (χ4n) is 1.23. The van der Waals surface area contributed by atoms with Gasteiger partial charge in [-0.25, -0.2) is 0 Å². The van der Waals surface area contributed by atoms with Crippen molar-refractivity contribution in [2.45, 2.75) is 43.9 Å². The lowest BCUT2D eigenvalue weighted by Gasteiger charge is -2.23. The summed E-state index contributed by atoms with van der Waals surface area (Å²) in [6.07, 6.45) is 1.73. The highest BCUT2D eigenvalue weighted by atomic mass is 19.4. The Labute approximate surface area is 75.7 Å². The number of halogens is 3. The van der Waals surface area contributed by atoms with E-state index in [2.05, 4.69) is 11.2 Å². The molecule has 0 heterocycles. The molecule has 0 amide bonds. The van der Waals surface area contributed by atoms with Gasteiger partial charge in [0.25, 0.3) is 0 Å². The lowest BCUT2D eigenvalue weighted by Crippen LogP contribution is -2.49. The van der Waals surface area contributed by atoms with Crippen LogP contribution in [-0.4, -0.2) is 17.8 Å². The van der Waals surface area contributed by atoms with Crippen LogP contribution in [0.25, 0.3) is 0 Å². The maximum atomic E-state index is 12.4. The predicted molar refractivity (Wildman–Crippen MR) is 44.1 cm³/mol. The molecular formula is C9H12F3N. The molecule has 0 radical (unpaired) electrons. The minimum absolute atomic E-state index is 0.147. The summed E-state index contributed by atoms with van der Waals surface area (Å²) in [6.45, 7) is 1.77. The van der Waals surface area contributed by atoms with Crippen molar-refractivity contribution in [3.63, 3.8) is 0 Å². The molecule has 1 fully saturated rings. The molecule has 1 saturated carbocycles.